The number of halogens is 1. The topological polar surface area (TPSA) is 84.7 Å². The zero-order chi connectivity index (χ0) is 17.1. The van der Waals surface area contributed by atoms with Gasteiger partial charge in [0.1, 0.15) is 5.82 Å². The quantitative estimate of drug-likeness (QED) is 0.633. The second kappa shape index (κ2) is 7.12. The van der Waals surface area contributed by atoms with Crippen LogP contribution in [-0.4, -0.2) is 47.5 Å². The molecule has 1 aromatic rings. The van der Waals surface area contributed by atoms with Crippen molar-refractivity contribution in [1.82, 2.24) is 10.2 Å². The molecule has 8 heteroatoms. The van der Waals surface area contributed by atoms with Crippen molar-refractivity contribution in [2.45, 2.75) is 37.8 Å². The van der Waals surface area contributed by atoms with E-state index >= 15 is 0 Å². The second-order valence-electron chi connectivity index (χ2n) is 6.27. The van der Waals surface area contributed by atoms with Crippen molar-refractivity contribution >= 4 is 11.6 Å². The standard InChI is InChI=1S/C16H20FN3O4/c17-11-1-4-14(20(22)23)15(9-11)24-10-16(21)18-12-5-7-19(8-6-12)13-2-3-13/h1,4,9,12-13H,2-3,5-8,10H2,(H,18,21). The van der Waals surface area contributed by atoms with Gasteiger partial charge in [0, 0.05) is 37.3 Å². The molecule has 0 bridgehead atoms. The number of benzene rings is 1. The second-order valence-corrected chi connectivity index (χ2v) is 6.27. The first kappa shape index (κ1) is 16.6. The van der Waals surface area contributed by atoms with Crippen molar-refractivity contribution in [3.63, 3.8) is 0 Å². The van der Waals surface area contributed by atoms with Crippen LogP contribution in [0.1, 0.15) is 25.7 Å². The minimum absolute atomic E-state index is 0.0959. The van der Waals surface area contributed by atoms with Crippen LogP contribution in [0.25, 0.3) is 0 Å². The molecule has 1 heterocycles. The molecule has 1 N–H and O–H groups in total. The Bertz CT molecular complexity index is 628. The lowest BCUT2D eigenvalue weighted by molar-refractivity contribution is -0.385. The highest BCUT2D eigenvalue weighted by Gasteiger charge is 2.32. The fourth-order valence-corrected chi connectivity index (χ4v) is 3.02. The van der Waals surface area contributed by atoms with Gasteiger partial charge in [-0.25, -0.2) is 4.39 Å². The van der Waals surface area contributed by atoms with Gasteiger partial charge in [-0.05, 0) is 31.7 Å². The highest BCUT2D eigenvalue weighted by atomic mass is 19.1. The van der Waals surface area contributed by atoms with E-state index < -0.39 is 10.7 Å². The predicted molar refractivity (Wildman–Crippen MR) is 84.3 cm³/mol. The first-order valence-corrected chi connectivity index (χ1v) is 8.13. The van der Waals surface area contributed by atoms with E-state index in [2.05, 4.69) is 10.2 Å². The Hall–Kier alpha value is -2.22. The van der Waals surface area contributed by atoms with Gasteiger partial charge in [-0.2, -0.15) is 0 Å². The number of nitro benzene ring substituents is 1. The molecule has 130 valence electrons. The Labute approximate surface area is 138 Å². The Kier molecular flexibility index (Phi) is 4.94. The van der Waals surface area contributed by atoms with E-state index in [1.165, 1.54) is 12.8 Å². The Morgan fingerprint density at radius 3 is 2.67 bits per heavy atom. The SMILES string of the molecule is O=C(COc1cc(F)ccc1[N+](=O)[O-])NC1CCN(C2CC2)CC1. The van der Waals surface area contributed by atoms with Gasteiger partial charge in [-0.1, -0.05) is 0 Å². The van der Waals surface area contributed by atoms with E-state index in [1.54, 1.807) is 0 Å². The number of amides is 1. The summed E-state index contributed by atoms with van der Waals surface area (Å²) >= 11 is 0. The molecule has 1 aromatic carbocycles. The van der Waals surface area contributed by atoms with Crippen molar-refractivity contribution < 1.29 is 18.8 Å². The number of carbonyl (C=O) groups is 1. The molecule has 1 saturated heterocycles. The van der Waals surface area contributed by atoms with Gasteiger partial charge < -0.3 is 15.0 Å². The summed E-state index contributed by atoms with van der Waals surface area (Å²) in [5, 5.41) is 13.8. The average molecular weight is 337 g/mol. The number of hydrogen-bond donors (Lipinski definition) is 1. The molecule has 0 unspecified atom stereocenters. The number of nitrogens with one attached hydrogen (secondary N) is 1. The number of piperidine rings is 1. The maximum atomic E-state index is 13.2. The summed E-state index contributed by atoms with van der Waals surface area (Å²) in [7, 11) is 0. The number of nitrogens with zero attached hydrogens (tertiary/aromatic N) is 2. The van der Waals surface area contributed by atoms with Gasteiger partial charge in [0.25, 0.3) is 5.91 Å². The molecule has 0 atom stereocenters. The fourth-order valence-electron chi connectivity index (χ4n) is 3.02. The smallest absolute Gasteiger partial charge is 0.311 e. The van der Waals surface area contributed by atoms with Crippen LogP contribution in [0.4, 0.5) is 10.1 Å². The minimum atomic E-state index is -0.666. The molecule has 2 fully saturated rings. The molecule has 3 rings (SSSR count). The lowest BCUT2D eigenvalue weighted by atomic mass is 10.0. The average Bonchev–Trinajstić information content (AvgIpc) is 3.38. The van der Waals surface area contributed by atoms with Crippen molar-refractivity contribution in [3.8, 4) is 5.75 Å². The molecule has 2 aliphatic rings. The van der Waals surface area contributed by atoms with Crippen LogP contribution in [0.15, 0.2) is 18.2 Å². The molecule has 1 amide bonds. The lowest BCUT2D eigenvalue weighted by Gasteiger charge is -2.32. The van der Waals surface area contributed by atoms with Crippen LogP contribution in [0, 0.1) is 15.9 Å². The largest absolute Gasteiger partial charge is 0.477 e. The minimum Gasteiger partial charge on any atom is -0.477 e. The van der Waals surface area contributed by atoms with E-state index in [0.717, 1.165) is 50.2 Å². The van der Waals surface area contributed by atoms with Crippen LogP contribution >= 0.6 is 0 Å². The first-order valence-electron chi connectivity index (χ1n) is 8.13. The molecule has 1 aliphatic heterocycles. The summed E-state index contributed by atoms with van der Waals surface area (Å²) < 4.78 is 18.4. The molecular formula is C16H20FN3O4. The maximum Gasteiger partial charge on any atom is 0.311 e. The van der Waals surface area contributed by atoms with Crippen LogP contribution < -0.4 is 10.1 Å². The zero-order valence-corrected chi connectivity index (χ0v) is 13.2. The summed E-state index contributed by atoms with van der Waals surface area (Å²) in [6.45, 7) is 1.59. The third-order valence-electron chi connectivity index (χ3n) is 4.44. The molecule has 0 spiro atoms. The number of rotatable bonds is 6. The number of hydrogen-bond acceptors (Lipinski definition) is 5. The fraction of sp³-hybridized carbons (Fsp3) is 0.562. The first-order chi connectivity index (χ1) is 11.5. The predicted octanol–water partition coefficient (Wildman–Crippen LogP) is 1.86. The number of carbonyl (C=O) groups excluding carboxylic acids is 1. The van der Waals surface area contributed by atoms with Gasteiger partial charge in [0.15, 0.2) is 6.61 Å². The molecule has 7 nitrogen and oxygen atoms in total. The summed E-state index contributed by atoms with van der Waals surface area (Å²) in [5.41, 5.74) is -0.359. The van der Waals surface area contributed by atoms with Crippen molar-refractivity contribution in [3.05, 3.63) is 34.1 Å². The lowest BCUT2D eigenvalue weighted by Crippen LogP contribution is -2.46. The van der Waals surface area contributed by atoms with Gasteiger partial charge in [0.2, 0.25) is 5.75 Å². The maximum absolute atomic E-state index is 13.2. The van der Waals surface area contributed by atoms with Crippen LogP contribution in [-0.2, 0) is 4.79 Å². The Balaban J connectivity index is 1.47. The molecule has 24 heavy (non-hydrogen) atoms. The van der Waals surface area contributed by atoms with E-state index in [4.69, 9.17) is 4.74 Å². The highest BCUT2D eigenvalue weighted by Crippen LogP contribution is 2.29. The summed E-state index contributed by atoms with van der Waals surface area (Å²) in [6, 6.07) is 3.76. The summed E-state index contributed by atoms with van der Waals surface area (Å²) in [6.07, 6.45) is 4.33. The number of nitro groups is 1. The monoisotopic (exact) mass is 337 g/mol. The highest BCUT2D eigenvalue weighted by molar-refractivity contribution is 5.78. The van der Waals surface area contributed by atoms with E-state index in [0.29, 0.717) is 0 Å². The summed E-state index contributed by atoms with van der Waals surface area (Å²) in [5.74, 6) is -1.24. The summed E-state index contributed by atoms with van der Waals surface area (Å²) in [4.78, 5) is 24.6. The van der Waals surface area contributed by atoms with Gasteiger partial charge in [0.05, 0.1) is 4.92 Å². The zero-order valence-electron chi connectivity index (χ0n) is 13.2. The number of likely N-dealkylation sites (tertiary alicyclic amines) is 1. The van der Waals surface area contributed by atoms with Gasteiger partial charge >= 0.3 is 5.69 Å². The molecule has 0 aromatic heterocycles. The van der Waals surface area contributed by atoms with Crippen LogP contribution in [0.3, 0.4) is 0 Å². The van der Waals surface area contributed by atoms with Gasteiger partial charge in [-0.3, -0.25) is 14.9 Å². The van der Waals surface area contributed by atoms with Crippen LogP contribution in [0.5, 0.6) is 5.75 Å². The Morgan fingerprint density at radius 1 is 1.33 bits per heavy atom. The van der Waals surface area contributed by atoms with Gasteiger partial charge in [-0.15, -0.1) is 0 Å². The van der Waals surface area contributed by atoms with Crippen molar-refractivity contribution in [2.24, 2.45) is 0 Å². The molecule has 0 radical (unpaired) electrons. The molecular weight excluding hydrogens is 317 g/mol. The normalized spacial score (nSPS) is 19.0. The van der Waals surface area contributed by atoms with Crippen molar-refractivity contribution in [1.29, 1.82) is 0 Å². The van der Waals surface area contributed by atoms with E-state index in [1.807, 2.05) is 0 Å². The van der Waals surface area contributed by atoms with Crippen molar-refractivity contribution in [2.75, 3.05) is 19.7 Å². The third kappa shape index (κ3) is 4.19. The number of ether oxygens (including phenoxy) is 1. The van der Waals surface area contributed by atoms with E-state index in [-0.39, 0.29) is 30.0 Å². The molecule has 1 aliphatic carbocycles. The third-order valence-corrected chi connectivity index (χ3v) is 4.44. The van der Waals surface area contributed by atoms with E-state index in [9.17, 15) is 19.3 Å². The molecule has 1 saturated carbocycles. The Morgan fingerprint density at radius 2 is 2.04 bits per heavy atom. The van der Waals surface area contributed by atoms with Crippen LogP contribution in [0.2, 0.25) is 0 Å².